The van der Waals surface area contributed by atoms with Gasteiger partial charge in [-0.15, -0.1) is 10.2 Å². The number of aryl methyl sites for hydroxylation is 1. The standard InChI is InChI=1S/C18H15FN4O3/c1-11-22-23-18(26-11)13-5-7-15(8-6-13)21-17(25)16(24)20-10-12-3-2-4-14(19)9-12/h2-9H,10H2,1H3,(H,20,24)(H,21,25). The fraction of sp³-hybridized carbons (Fsp3) is 0.111. The number of halogens is 1. The lowest BCUT2D eigenvalue weighted by atomic mass is 10.2. The van der Waals surface area contributed by atoms with Gasteiger partial charge in [-0.2, -0.15) is 0 Å². The Morgan fingerprint density at radius 3 is 2.50 bits per heavy atom. The maximum absolute atomic E-state index is 13.1. The number of carbonyl (C=O) groups is 2. The van der Waals surface area contributed by atoms with Crippen molar-refractivity contribution in [1.29, 1.82) is 0 Å². The van der Waals surface area contributed by atoms with E-state index in [9.17, 15) is 14.0 Å². The van der Waals surface area contributed by atoms with Crippen LogP contribution < -0.4 is 10.6 Å². The van der Waals surface area contributed by atoms with E-state index in [1.165, 1.54) is 18.2 Å². The molecule has 0 spiro atoms. The molecule has 0 unspecified atom stereocenters. The number of hydrogen-bond acceptors (Lipinski definition) is 5. The largest absolute Gasteiger partial charge is 0.421 e. The van der Waals surface area contributed by atoms with Gasteiger partial charge in [-0.25, -0.2) is 4.39 Å². The first kappa shape index (κ1) is 17.3. The lowest BCUT2D eigenvalue weighted by Gasteiger charge is -2.07. The summed E-state index contributed by atoms with van der Waals surface area (Å²) in [5, 5.41) is 12.6. The molecule has 8 heteroatoms. The Morgan fingerprint density at radius 2 is 1.85 bits per heavy atom. The number of nitrogens with zero attached hydrogens (tertiary/aromatic N) is 2. The van der Waals surface area contributed by atoms with Crippen molar-refractivity contribution in [3.8, 4) is 11.5 Å². The van der Waals surface area contributed by atoms with Gasteiger partial charge < -0.3 is 15.1 Å². The van der Waals surface area contributed by atoms with E-state index in [1.807, 2.05) is 0 Å². The average molecular weight is 354 g/mol. The van der Waals surface area contributed by atoms with Crippen molar-refractivity contribution in [2.75, 3.05) is 5.32 Å². The number of hydrogen-bond donors (Lipinski definition) is 2. The normalized spacial score (nSPS) is 10.4. The molecular weight excluding hydrogens is 339 g/mol. The third-order valence-corrected chi connectivity index (χ3v) is 3.46. The summed E-state index contributed by atoms with van der Waals surface area (Å²) in [5.74, 6) is -1.22. The molecule has 0 atom stereocenters. The van der Waals surface area contributed by atoms with Crippen molar-refractivity contribution in [3.05, 3.63) is 65.8 Å². The van der Waals surface area contributed by atoms with Crippen LogP contribution in [-0.4, -0.2) is 22.0 Å². The van der Waals surface area contributed by atoms with E-state index >= 15 is 0 Å². The molecule has 3 rings (SSSR count). The molecule has 0 aliphatic carbocycles. The molecule has 1 aromatic heterocycles. The van der Waals surface area contributed by atoms with Gasteiger partial charge in [0.1, 0.15) is 5.82 Å². The molecular formula is C18H15FN4O3. The van der Waals surface area contributed by atoms with Gasteiger partial charge in [-0.05, 0) is 42.0 Å². The second-order valence-corrected chi connectivity index (χ2v) is 5.47. The Bertz CT molecular complexity index is 938. The van der Waals surface area contributed by atoms with Crippen molar-refractivity contribution in [2.24, 2.45) is 0 Å². The minimum absolute atomic E-state index is 0.0550. The highest BCUT2D eigenvalue weighted by Crippen LogP contribution is 2.19. The number of anilines is 1. The van der Waals surface area contributed by atoms with Crippen LogP contribution in [0.3, 0.4) is 0 Å². The predicted octanol–water partition coefficient (Wildman–Crippen LogP) is 2.44. The summed E-state index contributed by atoms with van der Waals surface area (Å²) in [6.45, 7) is 1.74. The number of nitrogens with one attached hydrogen (secondary N) is 2. The van der Waals surface area contributed by atoms with E-state index < -0.39 is 17.6 Å². The zero-order valence-electron chi connectivity index (χ0n) is 13.8. The highest BCUT2D eigenvalue weighted by Gasteiger charge is 2.14. The van der Waals surface area contributed by atoms with Crippen LogP contribution in [0.15, 0.2) is 52.9 Å². The van der Waals surface area contributed by atoms with Crippen LogP contribution in [0.4, 0.5) is 10.1 Å². The summed E-state index contributed by atoms with van der Waals surface area (Å²) < 4.78 is 18.4. The molecule has 0 radical (unpaired) electrons. The molecule has 0 aliphatic rings. The van der Waals surface area contributed by atoms with Gasteiger partial charge in [-0.3, -0.25) is 9.59 Å². The molecule has 2 amide bonds. The Labute approximate surface area is 148 Å². The highest BCUT2D eigenvalue weighted by molar-refractivity contribution is 6.39. The molecule has 1 heterocycles. The zero-order chi connectivity index (χ0) is 18.5. The summed E-state index contributed by atoms with van der Waals surface area (Å²) in [6.07, 6.45) is 0. The quantitative estimate of drug-likeness (QED) is 0.702. The van der Waals surface area contributed by atoms with Gasteiger partial charge in [0.2, 0.25) is 11.8 Å². The van der Waals surface area contributed by atoms with Crippen LogP contribution in [0.2, 0.25) is 0 Å². The van der Waals surface area contributed by atoms with Gasteiger partial charge in [0.05, 0.1) is 0 Å². The number of rotatable bonds is 4. The second kappa shape index (κ2) is 7.56. The van der Waals surface area contributed by atoms with E-state index in [0.29, 0.717) is 28.6 Å². The van der Waals surface area contributed by atoms with E-state index in [0.717, 1.165) is 0 Å². The van der Waals surface area contributed by atoms with Crippen LogP contribution in [0.25, 0.3) is 11.5 Å². The van der Waals surface area contributed by atoms with Gasteiger partial charge >= 0.3 is 11.8 Å². The van der Waals surface area contributed by atoms with Gasteiger partial charge in [0.15, 0.2) is 0 Å². The monoisotopic (exact) mass is 354 g/mol. The minimum atomic E-state index is -0.817. The van der Waals surface area contributed by atoms with E-state index in [4.69, 9.17) is 4.42 Å². The summed E-state index contributed by atoms with van der Waals surface area (Å²) in [5.41, 5.74) is 1.69. The number of amides is 2. The van der Waals surface area contributed by atoms with Crippen molar-refractivity contribution in [2.45, 2.75) is 13.5 Å². The molecule has 26 heavy (non-hydrogen) atoms. The van der Waals surface area contributed by atoms with Crippen molar-refractivity contribution >= 4 is 17.5 Å². The molecule has 0 saturated heterocycles. The van der Waals surface area contributed by atoms with Crippen LogP contribution in [0, 0.1) is 12.7 Å². The lowest BCUT2D eigenvalue weighted by Crippen LogP contribution is -2.34. The van der Waals surface area contributed by atoms with E-state index in [2.05, 4.69) is 20.8 Å². The lowest BCUT2D eigenvalue weighted by molar-refractivity contribution is -0.136. The highest BCUT2D eigenvalue weighted by atomic mass is 19.1. The number of aromatic nitrogens is 2. The van der Waals surface area contributed by atoms with Crippen LogP contribution in [0.1, 0.15) is 11.5 Å². The first-order chi connectivity index (χ1) is 12.5. The summed E-state index contributed by atoms with van der Waals surface area (Å²) in [6, 6.07) is 12.4. The maximum atomic E-state index is 13.1. The zero-order valence-corrected chi connectivity index (χ0v) is 13.8. The van der Waals surface area contributed by atoms with Crippen molar-refractivity contribution in [3.63, 3.8) is 0 Å². The minimum Gasteiger partial charge on any atom is -0.421 e. The molecule has 0 fully saturated rings. The smallest absolute Gasteiger partial charge is 0.313 e. The van der Waals surface area contributed by atoms with E-state index in [1.54, 1.807) is 37.3 Å². The topological polar surface area (TPSA) is 97.1 Å². The summed E-state index contributed by atoms with van der Waals surface area (Å²) in [7, 11) is 0. The maximum Gasteiger partial charge on any atom is 0.313 e. The van der Waals surface area contributed by atoms with Gasteiger partial charge in [0, 0.05) is 24.7 Å². The molecule has 0 bridgehead atoms. The second-order valence-electron chi connectivity index (χ2n) is 5.47. The molecule has 7 nitrogen and oxygen atoms in total. The van der Waals surface area contributed by atoms with Crippen molar-refractivity contribution < 1.29 is 18.4 Å². The third kappa shape index (κ3) is 4.29. The molecule has 2 aromatic carbocycles. The fourth-order valence-electron chi connectivity index (χ4n) is 2.21. The van der Waals surface area contributed by atoms with Crippen molar-refractivity contribution in [1.82, 2.24) is 15.5 Å². The molecule has 132 valence electrons. The van der Waals surface area contributed by atoms with Crippen LogP contribution in [-0.2, 0) is 16.1 Å². The Kier molecular flexibility index (Phi) is 5.02. The molecule has 0 aliphatic heterocycles. The van der Waals surface area contributed by atoms with Crippen LogP contribution >= 0.6 is 0 Å². The molecule has 2 N–H and O–H groups in total. The number of carbonyl (C=O) groups excluding carboxylic acids is 2. The average Bonchev–Trinajstić information content (AvgIpc) is 3.07. The van der Waals surface area contributed by atoms with Gasteiger partial charge in [0.25, 0.3) is 0 Å². The first-order valence-corrected chi connectivity index (χ1v) is 7.75. The first-order valence-electron chi connectivity index (χ1n) is 7.75. The molecule has 3 aromatic rings. The Morgan fingerprint density at radius 1 is 1.08 bits per heavy atom. The molecule has 0 saturated carbocycles. The SMILES string of the molecule is Cc1nnc(-c2ccc(NC(=O)C(=O)NCc3cccc(F)c3)cc2)o1. The predicted molar refractivity (Wildman–Crippen MR) is 91.3 cm³/mol. The Balaban J connectivity index is 1.56. The Hall–Kier alpha value is -3.55. The van der Waals surface area contributed by atoms with Gasteiger partial charge in [-0.1, -0.05) is 12.1 Å². The summed E-state index contributed by atoms with van der Waals surface area (Å²) >= 11 is 0. The summed E-state index contributed by atoms with van der Waals surface area (Å²) in [4.78, 5) is 23.8. The fourth-order valence-corrected chi connectivity index (χ4v) is 2.21. The van der Waals surface area contributed by atoms with Crippen LogP contribution in [0.5, 0.6) is 0 Å². The third-order valence-electron chi connectivity index (χ3n) is 3.46. The number of benzene rings is 2. The van der Waals surface area contributed by atoms with E-state index in [-0.39, 0.29) is 6.54 Å².